The van der Waals surface area contributed by atoms with Gasteiger partial charge in [0, 0.05) is 19.3 Å². The highest BCUT2D eigenvalue weighted by atomic mass is 16.6. The molecule has 0 aliphatic carbocycles. The second kappa shape index (κ2) is 68.1. The fourth-order valence-corrected chi connectivity index (χ4v) is 10.9. The van der Waals surface area contributed by atoms with Gasteiger partial charge < -0.3 is 14.2 Å². The van der Waals surface area contributed by atoms with Crippen molar-refractivity contribution < 1.29 is 28.6 Å². The van der Waals surface area contributed by atoms with Crippen molar-refractivity contribution in [1.82, 2.24) is 0 Å². The molecule has 0 rings (SSSR count). The van der Waals surface area contributed by atoms with E-state index in [1.54, 1.807) is 0 Å². The minimum absolute atomic E-state index is 0.0718. The number of carbonyl (C=O) groups is 3. The maximum Gasteiger partial charge on any atom is 0.306 e. The number of ether oxygens (including phenoxy) is 3. The molecule has 0 aromatic carbocycles. The molecule has 1 unspecified atom stereocenters. The minimum Gasteiger partial charge on any atom is -0.462 e. The van der Waals surface area contributed by atoms with Crippen molar-refractivity contribution >= 4 is 17.9 Å². The molecule has 6 heteroatoms. The Morgan fingerprint density at radius 2 is 0.494 bits per heavy atom. The van der Waals surface area contributed by atoms with Gasteiger partial charge in [0.05, 0.1) is 0 Å². The van der Waals surface area contributed by atoms with Crippen LogP contribution in [0.3, 0.4) is 0 Å². The number of esters is 3. The fourth-order valence-electron chi connectivity index (χ4n) is 10.9. The zero-order valence-corrected chi connectivity index (χ0v) is 53.4. The lowest BCUT2D eigenvalue weighted by Gasteiger charge is -2.18. The van der Waals surface area contributed by atoms with E-state index in [-0.39, 0.29) is 31.1 Å². The molecule has 0 saturated heterocycles. The Labute approximate surface area is 493 Å². The Morgan fingerprint density at radius 3 is 0.772 bits per heavy atom. The Kier molecular flexibility index (Phi) is 66.1. The number of allylic oxidation sites excluding steroid dienone is 6. The van der Waals surface area contributed by atoms with E-state index in [1.165, 1.54) is 257 Å². The zero-order valence-electron chi connectivity index (χ0n) is 53.4. The molecule has 0 radical (unpaired) electrons. The Hall–Kier alpha value is -2.37. The van der Waals surface area contributed by atoms with Crippen LogP contribution in [0.4, 0.5) is 0 Å². The normalized spacial score (nSPS) is 12.2. The van der Waals surface area contributed by atoms with Crippen molar-refractivity contribution in [3.63, 3.8) is 0 Å². The molecule has 6 nitrogen and oxygen atoms in total. The molecular weight excluding hydrogens is 973 g/mol. The summed E-state index contributed by atoms with van der Waals surface area (Å²) in [6.07, 6.45) is 84.7. The quantitative estimate of drug-likeness (QED) is 0.0261. The number of hydrogen-bond donors (Lipinski definition) is 0. The van der Waals surface area contributed by atoms with Gasteiger partial charge in [-0.3, -0.25) is 14.4 Å². The van der Waals surface area contributed by atoms with E-state index >= 15 is 0 Å². The van der Waals surface area contributed by atoms with E-state index in [0.29, 0.717) is 19.3 Å². The average molecular weight is 1110 g/mol. The monoisotopic (exact) mass is 1110 g/mol. The molecule has 0 heterocycles. The highest BCUT2D eigenvalue weighted by Crippen LogP contribution is 2.19. The lowest BCUT2D eigenvalue weighted by atomic mass is 10.0. The smallest absolute Gasteiger partial charge is 0.306 e. The second-order valence-electron chi connectivity index (χ2n) is 24.1. The second-order valence-corrected chi connectivity index (χ2v) is 24.1. The molecule has 79 heavy (non-hydrogen) atoms. The number of rotatable bonds is 66. The summed E-state index contributed by atoms with van der Waals surface area (Å²) >= 11 is 0. The summed E-state index contributed by atoms with van der Waals surface area (Å²) < 4.78 is 17.0. The Bertz CT molecular complexity index is 1320. The van der Waals surface area contributed by atoms with E-state index < -0.39 is 6.10 Å². The maximum atomic E-state index is 13.0. The van der Waals surface area contributed by atoms with Gasteiger partial charge in [0.1, 0.15) is 13.2 Å². The van der Waals surface area contributed by atoms with Crippen molar-refractivity contribution in [1.29, 1.82) is 0 Å². The highest BCUT2D eigenvalue weighted by Gasteiger charge is 2.19. The van der Waals surface area contributed by atoms with Gasteiger partial charge in [0.25, 0.3) is 0 Å². The van der Waals surface area contributed by atoms with Gasteiger partial charge in [0.2, 0.25) is 0 Å². The van der Waals surface area contributed by atoms with Crippen LogP contribution in [-0.4, -0.2) is 37.2 Å². The van der Waals surface area contributed by atoms with Crippen LogP contribution in [0.5, 0.6) is 0 Å². The lowest BCUT2D eigenvalue weighted by molar-refractivity contribution is -0.167. The summed E-state index contributed by atoms with van der Waals surface area (Å²) in [7, 11) is 0. The summed E-state index contributed by atoms with van der Waals surface area (Å²) in [5.74, 6) is -0.858. The molecule has 0 saturated carbocycles. The molecule has 464 valence electrons. The molecule has 0 spiro atoms. The summed E-state index contributed by atoms with van der Waals surface area (Å²) in [4.78, 5) is 38.4. The summed E-state index contributed by atoms with van der Waals surface area (Å²) in [5.41, 5.74) is 0. The number of carbonyl (C=O) groups excluding carboxylic acids is 3. The molecule has 0 N–H and O–H groups in total. The average Bonchev–Trinajstić information content (AvgIpc) is 3.45. The topological polar surface area (TPSA) is 78.9 Å². The molecule has 0 amide bonds. The highest BCUT2D eigenvalue weighted by molar-refractivity contribution is 5.71. The van der Waals surface area contributed by atoms with Gasteiger partial charge in [-0.05, 0) is 51.4 Å². The molecule has 0 aliphatic heterocycles. The molecule has 1 atom stereocenters. The minimum atomic E-state index is -0.777. The van der Waals surface area contributed by atoms with Gasteiger partial charge >= 0.3 is 17.9 Å². The van der Waals surface area contributed by atoms with E-state index in [9.17, 15) is 14.4 Å². The summed E-state index contributed by atoms with van der Waals surface area (Å²) in [5, 5.41) is 0. The lowest BCUT2D eigenvalue weighted by Crippen LogP contribution is -2.30. The van der Waals surface area contributed by atoms with Crippen LogP contribution in [0.15, 0.2) is 36.5 Å². The third-order valence-corrected chi connectivity index (χ3v) is 16.2. The van der Waals surface area contributed by atoms with E-state index in [0.717, 1.165) is 96.3 Å². The summed E-state index contributed by atoms with van der Waals surface area (Å²) in [6, 6.07) is 0. The fraction of sp³-hybridized carbons (Fsp3) is 0.877. The SMILES string of the molecule is CC/C=C\C/C=C\C/C=C\CCCCCCCC(=O)OCC(COC(=O)CCCCCCCCCCCCCCCCCCCCCCCCCCC)OC(=O)CCCCCCCCCCCCCCCCCCCCCCC. The van der Waals surface area contributed by atoms with Crippen LogP contribution in [0.1, 0.15) is 393 Å². The predicted molar refractivity (Wildman–Crippen MR) is 344 cm³/mol. The Morgan fingerprint density at radius 1 is 0.266 bits per heavy atom. The van der Waals surface area contributed by atoms with Gasteiger partial charge in [-0.25, -0.2) is 0 Å². The molecule has 0 aromatic heterocycles. The summed E-state index contributed by atoms with van der Waals surface area (Å²) in [6.45, 7) is 6.60. The third kappa shape index (κ3) is 66.3. The maximum absolute atomic E-state index is 13.0. The molecule has 0 aliphatic rings. The van der Waals surface area contributed by atoms with Crippen molar-refractivity contribution in [2.75, 3.05) is 13.2 Å². The molecular formula is C73H136O6. The van der Waals surface area contributed by atoms with Crippen molar-refractivity contribution in [2.45, 2.75) is 399 Å². The van der Waals surface area contributed by atoms with Gasteiger partial charge in [-0.15, -0.1) is 0 Å². The van der Waals surface area contributed by atoms with Crippen LogP contribution < -0.4 is 0 Å². The van der Waals surface area contributed by atoms with Crippen LogP contribution >= 0.6 is 0 Å². The van der Waals surface area contributed by atoms with Crippen molar-refractivity contribution in [2.24, 2.45) is 0 Å². The van der Waals surface area contributed by atoms with Crippen molar-refractivity contribution in [3.05, 3.63) is 36.5 Å². The number of unbranched alkanes of at least 4 members (excludes halogenated alkanes) is 49. The zero-order chi connectivity index (χ0) is 57.1. The largest absolute Gasteiger partial charge is 0.462 e. The van der Waals surface area contributed by atoms with Gasteiger partial charge in [-0.2, -0.15) is 0 Å². The first-order valence-corrected chi connectivity index (χ1v) is 35.5. The molecule has 0 fully saturated rings. The Balaban J connectivity index is 4.25. The first kappa shape index (κ1) is 76.6. The van der Waals surface area contributed by atoms with Crippen LogP contribution in [0, 0.1) is 0 Å². The molecule has 0 aromatic rings. The first-order valence-electron chi connectivity index (χ1n) is 35.5. The first-order chi connectivity index (χ1) is 39.0. The van der Waals surface area contributed by atoms with E-state index in [1.807, 2.05) is 0 Å². The third-order valence-electron chi connectivity index (χ3n) is 16.2. The van der Waals surface area contributed by atoms with Crippen LogP contribution in [0.25, 0.3) is 0 Å². The van der Waals surface area contributed by atoms with E-state index in [2.05, 4.69) is 57.2 Å². The number of hydrogen-bond acceptors (Lipinski definition) is 6. The predicted octanol–water partition coefficient (Wildman–Crippen LogP) is 24.3. The standard InChI is InChI=1S/C73H136O6/c1-4-7-10-13-16-19-22-25-28-30-32-34-35-36-37-39-40-42-45-48-51-54-57-60-63-66-72(75)78-69-70(68-77-71(74)65-62-59-56-53-50-47-44-27-24-21-18-15-12-9-6-3)79-73(76)67-64-61-58-55-52-49-46-43-41-38-33-31-29-26-23-20-17-14-11-8-5-2/h9,12,18,21,27,44,70H,4-8,10-11,13-17,19-20,22-26,28-43,45-69H2,1-3H3/b12-9-,21-18-,44-27-. The van der Waals surface area contributed by atoms with Crippen LogP contribution in [-0.2, 0) is 28.6 Å². The van der Waals surface area contributed by atoms with Crippen molar-refractivity contribution in [3.8, 4) is 0 Å². The van der Waals surface area contributed by atoms with Crippen LogP contribution in [0.2, 0.25) is 0 Å². The van der Waals surface area contributed by atoms with Gasteiger partial charge in [0.15, 0.2) is 6.10 Å². The van der Waals surface area contributed by atoms with E-state index in [4.69, 9.17) is 14.2 Å². The van der Waals surface area contributed by atoms with Gasteiger partial charge in [-0.1, -0.05) is 359 Å². The molecule has 0 bridgehead atoms.